The van der Waals surface area contributed by atoms with Crippen molar-refractivity contribution in [3.05, 3.63) is 21.7 Å². The normalized spacial score (nSPS) is 11.3. The molecule has 0 fully saturated rings. The molecule has 0 radical (unpaired) electrons. The second-order valence-corrected chi connectivity index (χ2v) is 5.33. The highest BCUT2D eigenvalue weighted by Gasteiger charge is 2.23. The van der Waals surface area contributed by atoms with E-state index in [2.05, 4.69) is 29.0 Å². The van der Waals surface area contributed by atoms with Crippen LogP contribution in [0.4, 0.5) is 11.6 Å². The highest BCUT2D eigenvalue weighted by Crippen LogP contribution is 2.27. The van der Waals surface area contributed by atoms with Gasteiger partial charge in [-0.2, -0.15) is 9.38 Å². The summed E-state index contributed by atoms with van der Waals surface area (Å²) >= 11 is 1.39. The van der Waals surface area contributed by atoms with Crippen molar-refractivity contribution < 1.29 is 4.92 Å². The molecule has 7 nitrogen and oxygen atoms in total. The van der Waals surface area contributed by atoms with E-state index in [1.165, 1.54) is 15.7 Å². The molecule has 0 saturated heterocycles. The van der Waals surface area contributed by atoms with Gasteiger partial charge in [-0.15, -0.1) is 0 Å². The molecule has 0 aliphatic carbocycles. The lowest BCUT2D eigenvalue weighted by atomic mass is 10.4. The summed E-state index contributed by atoms with van der Waals surface area (Å²) < 4.78 is 1.51. The minimum absolute atomic E-state index is 0.0137. The summed E-state index contributed by atoms with van der Waals surface area (Å²) in [5, 5.41) is 16.0. The maximum Gasteiger partial charge on any atom is 0.372 e. The summed E-state index contributed by atoms with van der Waals surface area (Å²) in [4.78, 5) is 18.0. The van der Waals surface area contributed by atoms with Crippen molar-refractivity contribution in [3.63, 3.8) is 0 Å². The highest BCUT2D eigenvalue weighted by atomic mass is 32.1. The molecular weight excluding hydrogens is 278 g/mol. The van der Waals surface area contributed by atoms with E-state index in [1.54, 1.807) is 11.6 Å². The zero-order chi connectivity index (χ0) is 14.5. The number of rotatable bonds is 8. The van der Waals surface area contributed by atoms with E-state index < -0.39 is 4.92 Å². The van der Waals surface area contributed by atoms with Gasteiger partial charge < -0.3 is 20.3 Å². The van der Waals surface area contributed by atoms with Crippen LogP contribution in [0.15, 0.2) is 11.6 Å². The van der Waals surface area contributed by atoms with Crippen LogP contribution in [0.25, 0.3) is 4.96 Å². The number of anilines is 1. The van der Waals surface area contributed by atoms with Gasteiger partial charge in [0.2, 0.25) is 5.82 Å². The van der Waals surface area contributed by atoms with Crippen LogP contribution in [0.3, 0.4) is 0 Å². The second kappa shape index (κ2) is 6.67. The lowest BCUT2D eigenvalue weighted by Crippen LogP contribution is -2.29. The average molecular weight is 297 g/mol. The van der Waals surface area contributed by atoms with Crippen LogP contribution in [0.2, 0.25) is 0 Å². The molecule has 2 rings (SSSR count). The first-order valence-electron chi connectivity index (χ1n) is 6.73. The molecule has 8 heteroatoms. The van der Waals surface area contributed by atoms with Crippen molar-refractivity contribution >= 4 is 27.9 Å². The lowest BCUT2D eigenvalue weighted by Gasteiger charge is -2.19. The summed E-state index contributed by atoms with van der Waals surface area (Å²) in [7, 11) is 0. The molecule has 2 aromatic heterocycles. The van der Waals surface area contributed by atoms with Gasteiger partial charge in [-0.25, -0.2) is 0 Å². The smallest absolute Gasteiger partial charge is 0.362 e. The summed E-state index contributed by atoms with van der Waals surface area (Å²) in [5.74, 6) is 0.370. The average Bonchev–Trinajstić information content (AvgIpc) is 2.97. The third kappa shape index (κ3) is 3.07. The molecule has 0 aliphatic heterocycles. The number of hydrogen-bond acceptors (Lipinski definition) is 6. The van der Waals surface area contributed by atoms with E-state index in [0.717, 1.165) is 26.1 Å². The highest BCUT2D eigenvalue weighted by molar-refractivity contribution is 7.15. The fourth-order valence-electron chi connectivity index (χ4n) is 2.14. The number of aromatic nitrogens is 2. The fraction of sp³-hybridized carbons (Fsp3) is 0.583. The lowest BCUT2D eigenvalue weighted by molar-refractivity contribution is -0.389. The summed E-state index contributed by atoms with van der Waals surface area (Å²) in [6.45, 7) is 7.79. The molecule has 0 bridgehead atoms. The van der Waals surface area contributed by atoms with Crippen molar-refractivity contribution in [1.82, 2.24) is 14.3 Å². The van der Waals surface area contributed by atoms with Crippen LogP contribution >= 0.6 is 11.3 Å². The first kappa shape index (κ1) is 14.7. The quantitative estimate of drug-likeness (QED) is 0.598. The van der Waals surface area contributed by atoms with Crippen LogP contribution in [-0.2, 0) is 0 Å². The van der Waals surface area contributed by atoms with E-state index in [1.807, 2.05) is 0 Å². The Balaban J connectivity index is 2.04. The van der Waals surface area contributed by atoms with Crippen molar-refractivity contribution in [2.24, 2.45) is 0 Å². The largest absolute Gasteiger partial charge is 0.372 e. The van der Waals surface area contributed by atoms with Gasteiger partial charge in [-0.3, -0.25) is 0 Å². The molecule has 1 N–H and O–H groups in total. The van der Waals surface area contributed by atoms with Gasteiger partial charge in [0.1, 0.15) is 6.20 Å². The van der Waals surface area contributed by atoms with Crippen molar-refractivity contribution in [3.8, 4) is 0 Å². The van der Waals surface area contributed by atoms with Crippen molar-refractivity contribution in [2.45, 2.75) is 20.3 Å². The van der Waals surface area contributed by atoms with Gasteiger partial charge in [-0.05, 0) is 24.4 Å². The molecule has 0 spiro atoms. The minimum Gasteiger partial charge on any atom is -0.362 e. The number of hydrogen-bond donors (Lipinski definition) is 1. The second-order valence-electron chi connectivity index (χ2n) is 4.46. The topological polar surface area (TPSA) is 75.7 Å². The van der Waals surface area contributed by atoms with Gasteiger partial charge in [0, 0.05) is 18.5 Å². The van der Waals surface area contributed by atoms with Crippen LogP contribution in [-0.4, -0.2) is 45.4 Å². The summed E-state index contributed by atoms with van der Waals surface area (Å²) in [6, 6.07) is 0. The first-order chi connectivity index (χ1) is 9.67. The van der Waals surface area contributed by atoms with E-state index in [-0.39, 0.29) is 5.82 Å². The summed E-state index contributed by atoms with van der Waals surface area (Å²) in [5.41, 5.74) is 0. The Bertz CT molecular complexity index is 579. The van der Waals surface area contributed by atoms with Gasteiger partial charge >= 0.3 is 5.82 Å². The maximum atomic E-state index is 11.1. The molecule has 20 heavy (non-hydrogen) atoms. The molecule has 0 aliphatic rings. The van der Waals surface area contributed by atoms with E-state index in [9.17, 15) is 10.1 Å². The van der Waals surface area contributed by atoms with E-state index in [0.29, 0.717) is 17.3 Å². The maximum absolute atomic E-state index is 11.1. The molecule has 0 atom stereocenters. The molecule has 0 aromatic carbocycles. The van der Waals surface area contributed by atoms with Crippen LogP contribution in [0.1, 0.15) is 20.3 Å². The van der Waals surface area contributed by atoms with Gasteiger partial charge in [-0.1, -0.05) is 25.2 Å². The van der Waals surface area contributed by atoms with Gasteiger partial charge in [0.25, 0.3) is 4.96 Å². The monoisotopic (exact) mass is 297 g/mol. The Morgan fingerprint density at radius 2 is 2.30 bits per heavy atom. The Labute approximate surface area is 121 Å². The Hall–Kier alpha value is -1.67. The number of nitrogens with zero attached hydrogens (tertiary/aromatic N) is 4. The van der Waals surface area contributed by atoms with Gasteiger partial charge in [0.05, 0.1) is 0 Å². The minimum atomic E-state index is -0.390. The number of nitrogens with one attached hydrogen (secondary N) is 1. The first-order valence-corrected chi connectivity index (χ1v) is 7.61. The number of likely N-dealkylation sites (N-methyl/N-ethyl adjacent to an activating group) is 1. The zero-order valence-electron chi connectivity index (χ0n) is 11.7. The van der Waals surface area contributed by atoms with E-state index >= 15 is 0 Å². The third-order valence-corrected chi connectivity index (χ3v) is 3.87. The molecule has 0 amide bonds. The molecule has 0 unspecified atom stereocenters. The van der Waals surface area contributed by atoms with Crippen molar-refractivity contribution in [1.29, 1.82) is 0 Å². The Morgan fingerprint density at radius 1 is 1.50 bits per heavy atom. The molecule has 110 valence electrons. The molecule has 0 saturated carbocycles. The van der Waals surface area contributed by atoms with Crippen LogP contribution < -0.4 is 5.32 Å². The predicted molar refractivity (Wildman–Crippen MR) is 80.6 cm³/mol. The third-order valence-electron chi connectivity index (χ3n) is 3.12. The zero-order valence-corrected chi connectivity index (χ0v) is 12.5. The van der Waals surface area contributed by atoms with Gasteiger partial charge in [0.15, 0.2) is 0 Å². The Kier molecular flexibility index (Phi) is 4.91. The number of thiazole rings is 1. The van der Waals surface area contributed by atoms with E-state index in [4.69, 9.17) is 0 Å². The van der Waals surface area contributed by atoms with Crippen LogP contribution in [0, 0.1) is 10.1 Å². The number of nitro groups is 1. The standard InChI is InChI=1S/C12H19N5O2S/c1-3-6-15(4-2)7-5-13-10-11(17(18)19)16-8-9-20-12(16)14-10/h8-9,13H,3-7H2,1-2H3. The SMILES string of the molecule is CCCN(CC)CCNc1nc2sccn2c1[N+](=O)[O-]. The number of fused-ring (bicyclic) bond motifs is 1. The molecule has 2 heterocycles. The Morgan fingerprint density at radius 3 is 2.95 bits per heavy atom. The van der Waals surface area contributed by atoms with Crippen molar-refractivity contribution in [2.75, 3.05) is 31.5 Å². The fourth-order valence-corrected chi connectivity index (χ4v) is 2.85. The number of imidazole rings is 1. The summed E-state index contributed by atoms with van der Waals surface area (Å²) in [6.07, 6.45) is 2.78. The molecular formula is C12H19N5O2S. The predicted octanol–water partition coefficient (Wildman–Crippen LogP) is 2.45. The van der Waals surface area contributed by atoms with Crippen LogP contribution in [0.5, 0.6) is 0 Å². The molecule has 2 aromatic rings.